The molecule has 0 saturated heterocycles. The molecule has 3 aromatic carbocycles. The number of hydrogen-bond acceptors (Lipinski definition) is 7. The molecule has 9 nitrogen and oxygen atoms in total. The molecule has 208 valence electrons. The van der Waals surface area contributed by atoms with Gasteiger partial charge in [-0.1, -0.05) is 48.9 Å². The molecule has 0 radical (unpaired) electrons. The van der Waals surface area contributed by atoms with Gasteiger partial charge in [-0.25, -0.2) is 4.79 Å². The maximum atomic E-state index is 12.7. The van der Waals surface area contributed by atoms with Crippen LogP contribution in [0.1, 0.15) is 75.3 Å². The summed E-state index contributed by atoms with van der Waals surface area (Å²) in [5.74, 6) is -1.37. The lowest BCUT2D eigenvalue weighted by atomic mass is 10.1. The van der Waals surface area contributed by atoms with E-state index in [0.29, 0.717) is 35.8 Å². The molecule has 0 saturated carbocycles. The minimum atomic E-state index is -0.795. The number of fused-ring (bicyclic) bond motifs is 2. The van der Waals surface area contributed by atoms with Gasteiger partial charge in [-0.3, -0.25) is 24.1 Å². The quantitative estimate of drug-likeness (QED) is 0.0961. The fourth-order valence-electron chi connectivity index (χ4n) is 4.75. The van der Waals surface area contributed by atoms with E-state index in [2.05, 4.69) is 5.32 Å². The molecule has 0 bridgehead atoms. The predicted molar refractivity (Wildman–Crippen MR) is 151 cm³/mol. The Morgan fingerprint density at radius 2 is 1.54 bits per heavy atom. The molecule has 1 N–H and O–H groups in total. The van der Waals surface area contributed by atoms with Crippen LogP contribution in [0.5, 0.6) is 5.75 Å². The molecule has 0 fully saturated rings. The molecule has 0 spiro atoms. The number of ether oxygens (including phenoxy) is 1. The summed E-state index contributed by atoms with van der Waals surface area (Å²) in [4.78, 5) is 63.7. The number of amides is 3. The molecule has 9 heteroatoms. The topological polar surface area (TPSA) is 123 Å². The van der Waals surface area contributed by atoms with Crippen molar-refractivity contribution < 1.29 is 28.3 Å². The van der Waals surface area contributed by atoms with Gasteiger partial charge < -0.3 is 14.5 Å². The van der Waals surface area contributed by atoms with E-state index in [1.165, 1.54) is 17.0 Å². The van der Waals surface area contributed by atoms with Crippen LogP contribution in [-0.4, -0.2) is 35.1 Å². The van der Waals surface area contributed by atoms with Crippen LogP contribution in [0.25, 0.3) is 11.0 Å². The number of benzene rings is 3. The van der Waals surface area contributed by atoms with Crippen molar-refractivity contribution in [3.63, 3.8) is 0 Å². The SMILES string of the molecule is CC(NC(=O)c1cc2ccc(OC(=O)CCCCCN3C(=O)c4ccccc4C3=O)cc2oc1=O)c1ccccc1. The second kappa shape index (κ2) is 12.0. The van der Waals surface area contributed by atoms with Crippen molar-refractivity contribution in [2.45, 2.75) is 38.6 Å². The monoisotopic (exact) mass is 552 g/mol. The van der Waals surface area contributed by atoms with Crippen LogP contribution in [0, 0.1) is 0 Å². The van der Waals surface area contributed by atoms with E-state index in [1.54, 1.807) is 36.4 Å². The Labute approximate surface area is 235 Å². The van der Waals surface area contributed by atoms with Gasteiger partial charge in [0.2, 0.25) is 0 Å². The summed E-state index contributed by atoms with van der Waals surface area (Å²) in [7, 11) is 0. The molecule has 0 aliphatic carbocycles. The molecule has 1 atom stereocenters. The Morgan fingerprint density at radius 3 is 2.24 bits per heavy atom. The first kappa shape index (κ1) is 27.5. The van der Waals surface area contributed by atoms with E-state index in [-0.39, 0.29) is 47.7 Å². The zero-order valence-electron chi connectivity index (χ0n) is 22.4. The zero-order valence-corrected chi connectivity index (χ0v) is 22.4. The van der Waals surface area contributed by atoms with Gasteiger partial charge in [0, 0.05) is 24.4 Å². The van der Waals surface area contributed by atoms with Crippen LogP contribution in [0.2, 0.25) is 0 Å². The molecule has 41 heavy (non-hydrogen) atoms. The molecule has 1 aliphatic rings. The van der Waals surface area contributed by atoms with Crippen LogP contribution < -0.4 is 15.7 Å². The number of imide groups is 1. The summed E-state index contributed by atoms with van der Waals surface area (Å²) < 4.78 is 10.8. The summed E-state index contributed by atoms with van der Waals surface area (Å²) in [6.45, 7) is 2.11. The van der Waals surface area contributed by atoms with Crippen molar-refractivity contribution >= 4 is 34.7 Å². The normalized spacial score (nSPS) is 13.2. The summed E-state index contributed by atoms with van der Waals surface area (Å²) in [6, 6.07) is 21.9. The predicted octanol–water partition coefficient (Wildman–Crippen LogP) is 5.05. The van der Waals surface area contributed by atoms with Crippen molar-refractivity contribution in [2.24, 2.45) is 0 Å². The van der Waals surface area contributed by atoms with Gasteiger partial charge in [-0.15, -0.1) is 0 Å². The molecule has 1 aromatic heterocycles. The average molecular weight is 553 g/mol. The molecule has 3 amide bonds. The van der Waals surface area contributed by atoms with Crippen molar-refractivity contribution in [3.8, 4) is 5.75 Å². The number of hydrogen-bond donors (Lipinski definition) is 1. The number of carbonyl (C=O) groups is 4. The Balaban J connectivity index is 1.11. The summed E-state index contributed by atoms with van der Waals surface area (Å²) >= 11 is 0. The van der Waals surface area contributed by atoms with Crippen molar-refractivity contribution in [1.29, 1.82) is 0 Å². The summed E-state index contributed by atoms with van der Waals surface area (Å²) in [6.07, 6.45) is 1.86. The fraction of sp³-hybridized carbons (Fsp3) is 0.219. The lowest BCUT2D eigenvalue weighted by Gasteiger charge is -2.14. The van der Waals surface area contributed by atoms with Gasteiger partial charge >= 0.3 is 11.6 Å². The highest BCUT2D eigenvalue weighted by atomic mass is 16.5. The Morgan fingerprint density at radius 1 is 0.854 bits per heavy atom. The molecule has 1 aliphatic heterocycles. The first-order valence-corrected chi connectivity index (χ1v) is 13.4. The standard InChI is InChI=1S/C32H28N2O7/c1-20(21-10-4-2-5-11-21)33-29(36)26-18-22-15-16-23(19-27(22)41-32(26)39)40-28(35)14-6-3-9-17-34-30(37)24-12-7-8-13-25(24)31(34)38/h2,4-5,7-8,10-13,15-16,18-20H,3,6,9,14,17H2,1H3,(H,33,36). The van der Waals surface area contributed by atoms with E-state index in [4.69, 9.17) is 9.15 Å². The third-order valence-electron chi connectivity index (χ3n) is 6.97. The third kappa shape index (κ3) is 6.09. The van der Waals surface area contributed by atoms with Crippen LogP contribution in [0.4, 0.5) is 0 Å². The smallest absolute Gasteiger partial charge is 0.349 e. The second-order valence-corrected chi connectivity index (χ2v) is 9.85. The van der Waals surface area contributed by atoms with Gasteiger partial charge in [0.15, 0.2) is 0 Å². The number of esters is 1. The van der Waals surface area contributed by atoms with Gasteiger partial charge in [0.05, 0.1) is 17.2 Å². The maximum absolute atomic E-state index is 12.7. The highest BCUT2D eigenvalue weighted by Gasteiger charge is 2.34. The maximum Gasteiger partial charge on any atom is 0.349 e. The Kier molecular flexibility index (Phi) is 8.05. The molecule has 2 heterocycles. The van der Waals surface area contributed by atoms with Crippen LogP contribution in [-0.2, 0) is 4.79 Å². The largest absolute Gasteiger partial charge is 0.426 e. The number of nitrogens with zero attached hydrogens (tertiary/aromatic N) is 1. The first-order valence-electron chi connectivity index (χ1n) is 13.4. The molecule has 5 rings (SSSR count). The van der Waals surface area contributed by atoms with Crippen LogP contribution >= 0.6 is 0 Å². The third-order valence-corrected chi connectivity index (χ3v) is 6.97. The van der Waals surface area contributed by atoms with E-state index in [9.17, 15) is 24.0 Å². The molecular formula is C32H28N2O7. The van der Waals surface area contributed by atoms with Gasteiger partial charge in [0.1, 0.15) is 16.9 Å². The van der Waals surface area contributed by atoms with E-state index >= 15 is 0 Å². The Hall–Kier alpha value is -5.05. The van der Waals surface area contributed by atoms with Crippen molar-refractivity contribution in [1.82, 2.24) is 10.2 Å². The molecule has 1 unspecified atom stereocenters. The minimum absolute atomic E-state index is 0.119. The van der Waals surface area contributed by atoms with Gasteiger partial charge in [0.25, 0.3) is 17.7 Å². The van der Waals surface area contributed by atoms with Crippen LogP contribution in [0.3, 0.4) is 0 Å². The molecular weight excluding hydrogens is 524 g/mol. The second-order valence-electron chi connectivity index (χ2n) is 9.85. The molecule has 4 aromatic rings. The first-order chi connectivity index (χ1) is 19.8. The summed E-state index contributed by atoms with van der Waals surface area (Å²) in [5, 5.41) is 3.31. The van der Waals surface area contributed by atoms with Crippen LogP contribution in [0.15, 0.2) is 88.1 Å². The number of nitrogens with one attached hydrogen (secondary N) is 1. The number of rotatable bonds is 10. The number of carbonyl (C=O) groups excluding carboxylic acids is 4. The highest BCUT2D eigenvalue weighted by molar-refractivity contribution is 6.21. The number of unbranched alkanes of at least 4 members (excludes halogenated alkanes) is 2. The zero-order chi connectivity index (χ0) is 28.9. The lowest BCUT2D eigenvalue weighted by molar-refractivity contribution is -0.134. The average Bonchev–Trinajstić information content (AvgIpc) is 3.21. The van der Waals surface area contributed by atoms with E-state index in [0.717, 1.165) is 5.56 Å². The summed E-state index contributed by atoms with van der Waals surface area (Å²) in [5.41, 5.74) is 1.02. The van der Waals surface area contributed by atoms with Crippen molar-refractivity contribution in [3.05, 3.63) is 112 Å². The Bertz CT molecular complexity index is 1660. The minimum Gasteiger partial charge on any atom is -0.426 e. The van der Waals surface area contributed by atoms with E-state index < -0.39 is 17.5 Å². The lowest BCUT2D eigenvalue weighted by Crippen LogP contribution is -2.30. The van der Waals surface area contributed by atoms with Gasteiger partial charge in [-0.2, -0.15) is 0 Å². The van der Waals surface area contributed by atoms with Gasteiger partial charge in [-0.05, 0) is 55.7 Å². The van der Waals surface area contributed by atoms with E-state index in [1.807, 2.05) is 37.3 Å². The highest BCUT2D eigenvalue weighted by Crippen LogP contribution is 2.24. The fourth-order valence-corrected chi connectivity index (χ4v) is 4.75. The van der Waals surface area contributed by atoms with Crippen molar-refractivity contribution in [2.75, 3.05) is 6.54 Å².